The van der Waals surface area contributed by atoms with Gasteiger partial charge in [0.15, 0.2) is 11.5 Å². The highest BCUT2D eigenvalue weighted by Gasteiger charge is 2.34. The molecule has 0 aromatic carbocycles. The molecule has 0 saturated heterocycles. The molecular weight excluding hydrogens is 297 g/mol. The average Bonchev–Trinajstić information content (AvgIpc) is 2.52. The van der Waals surface area contributed by atoms with E-state index in [0.29, 0.717) is 6.42 Å². The number of alkyl halides is 3. The molecule has 2 rings (SSSR count). The summed E-state index contributed by atoms with van der Waals surface area (Å²) in [5.74, 6) is -0.116. The minimum atomic E-state index is -4.59. The molecule has 0 saturated carbocycles. The molecule has 0 aliphatic heterocycles. The number of halogens is 3. The standard InChI is InChI=1S/C14H15F3N4O/c1-2-9(8-22)19-12-7-11(14(15,16)17)20-13(21-12)10-5-3-4-6-18-10/h3-7,9,22H,2,8H2,1H3,(H,19,20,21)/t9-/m1/s1. The first kappa shape index (κ1) is 16.2. The Morgan fingerprint density at radius 2 is 2.05 bits per heavy atom. The quantitative estimate of drug-likeness (QED) is 0.888. The third-order valence-corrected chi connectivity index (χ3v) is 2.98. The van der Waals surface area contributed by atoms with Crippen molar-refractivity contribution in [1.29, 1.82) is 0 Å². The third-order valence-electron chi connectivity index (χ3n) is 2.98. The number of anilines is 1. The van der Waals surface area contributed by atoms with Crippen molar-refractivity contribution in [3.63, 3.8) is 0 Å². The molecule has 22 heavy (non-hydrogen) atoms. The molecule has 2 aromatic rings. The number of aliphatic hydroxyl groups excluding tert-OH is 1. The molecular formula is C14H15F3N4O. The van der Waals surface area contributed by atoms with Crippen LogP contribution in [0.3, 0.4) is 0 Å². The van der Waals surface area contributed by atoms with Crippen molar-refractivity contribution < 1.29 is 18.3 Å². The van der Waals surface area contributed by atoms with Gasteiger partial charge in [0.1, 0.15) is 11.5 Å². The van der Waals surface area contributed by atoms with E-state index in [1.807, 2.05) is 0 Å². The van der Waals surface area contributed by atoms with E-state index in [2.05, 4.69) is 20.3 Å². The minimum Gasteiger partial charge on any atom is -0.394 e. The molecule has 0 bridgehead atoms. The predicted octanol–water partition coefficient (Wildman–Crippen LogP) is 2.74. The van der Waals surface area contributed by atoms with Gasteiger partial charge in [0, 0.05) is 12.3 Å². The molecule has 0 amide bonds. The van der Waals surface area contributed by atoms with Crippen LogP contribution >= 0.6 is 0 Å². The molecule has 0 radical (unpaired) electrons. The number of nitrogens with zero attached hydrogens (tertiary/aromatic N) is 3. The monoisotopic (exact) mass is 312 g/mol. The fourth-order valence-electron chi connectivity index (χ4n) is 1.76. The number of nitrogens with one attached hydrogen (secondary N) is 1. The summed E-state index contributed by atoms with van der Waals surface area (Å²) in [5.41, 5.74) is -0.813. The zero-order valence-corrected chi connectivity index (χ0v) is 11.8. The second-order valence-corrected chi connectivity index (χ2v) is 4.61. The van der Waals surface area contributed by atoms with Crippen molar-refractivity contribution in [3.8, 4) is 11.5 Å². The summed E-state index contributed by atoms with van der Waals surface area (Å²) in [6.45, 7) is 1.60. The summed E-state index contributed by atoms with van der Waals surface area (Å²) in [5, 5.41) is 11.9. The van der Waals surface area contributed by atoms with E-state index in [4.69, 9.17) is 5.11 Å². The summed E-state index contributed by atoms with van der Waals surface area (Å²) in [7, 11) is 0. The zero-order chi connectivity index (χ0) is 16.2. The number of aliphatic hydroxyl groups is 1. The summed E-state index contributed by atoms with van der Waals surface area (Å²) in [4.78, 5) is 11.6. The van der Waals surface area contributed by atoms with Crippen LogP contribution in [0.2, 0.25) is 0 Å². The first-order valence-electron chi connectivity index (χ1n) is 6.69. The van der Waals surface area contributed by atoms with Gasteiger partial charge in [0.25, 0.3) is 0 Å². The van der Waals surface area contributed by atoms with E-state index in [1.54, 1.807) is 19.1 Å². The van der Waals surface area contributed by atoms with Gasteiger partial charge in [-0.2, -0.15) is 13.2 Å². The summed E-state index contributed by atoms with van der Waals surface area (Å²) >= 11 is 0. The van der Waals surface area contributed by atoms with Crippen LogP contribution in [0.1, 0.15) is 19.0 Å². The van der Waals surface area contributed by atoms with Crippen LogP contribution in [0, 0.1) is 0 Å². The Labute approximate surface area is 125 Å². The number of pyridine rings is 1. The predicted molar refractivity (Wildman–Crippen MR) is 75.1 cm³/mol. The molecule has 0 unspecified atom stereocenters. The number of hydrogen-bond donors (Lipinski definition) is 2. The van der Waals surface area contributed by atoms with Gasteiger partial charge in [-0.05, 0) is 18.6 Å². The van der Waals surface area contributed by atoms with Crippen LogP contribution in [0.25, 0.3) is 11.5 Å². The van der Waals surface area contributed by atoms with Crippen LogP contribution in [0.4, 0.5) is 19.0 Å². The molecule has 118 valence electrons. The lowest BCUT2D eigenvalue weighted by molar-refractivity contribution is -0.141. The molecule has 0 aliphatic rings. The topological polar surface area (TPSA) is 70.9 Å². The summed E-state index contributed by atoms with van der Waals surface area (Å²) in [6.07, 6.45) is -2.60. The van der Waals surface area contributed by atoms with Gasteiger partial charge >= 0.3 is 6.18 Å². The van der Waals surface area contributed by atoms with Gasteiger partial charge in [-0.25, -0.2) is 9.97 Å². The molecule has 8 heteroatoms. The highest BCUT2D eigenvalue weighted by atomic mass is 19.4. The van der Waals surface area contributed by atoms with Gasteiger partial charge < -0.3 is 10.4 Å². The van der Waals surface area contributed by atoms with Crippen molar-refractivity contribution in [1.82, 2.24) is 15.0 Å². The molecule has 2 aromatic heterocycles. The molecule has 2 N–H and O–H groups in total. The highest BCUT2D eigenvalue weighted by molar-refractivity contribution is 5.53. The van der Waals surface area contributed by atoms with E-state index in [1.165, 1.54) is 12.3 Å². The van der Waals surface area contributed by atoms with E-state index in [9.17, 15) is 13.2 Å². The van der Waals surface area contributed by atoms with E-state index in [-0.39, 0.29) is 30.0 Å². The van der Waals surface area contributed by atoms with Crippen molar-refractivity contribution in [3.05, 3.63) is 36.2 Å². The molecule has 0 fully saturated rings. The fourth-order valence-corrected chi connectivity index (χ4v) is 1.76. The van der Waals surface area contributed by atoms with Crippen molar-refractivity contribution >= 4 is 5.82 Å². The normalized spacial score (nSPS) is 13.0. The lowest BCUT2D eigenvalue weighted by Gasteiger charge is -2.16. The maximum Gasteiger partial charge on any atom is 0.433 e. The number of hydrogen-bond acceptors (Lipinski definition) is 5. The van der Waals surface area contributed by atoms with Crippen LogP contribution in [0.15, 0.2) is 30.5 Å². The zero-order valence-electron chi connectivity index (χ0n) is 11.8. The largest absolute Gasteiger partial charge is 0.433 e. The Morgan fingerprint density at radius 1 is 1.27 bits per heavy atom. The van der Waals surface area contributed by atoms with Crippen LogP contribution in [-0.2, 0) is 6.18 Å². The summed E-state index contributed by atoms with van der Waals surface area (Å²) < 4.78 is 38.9. The van der Waals surface area contributed by atoms with Crippen molar-refractivity contribution in [2.24, 2.45) is 0 Å². The molecule has 0 spiro atoms. The van der Waals surface area contributed by atoms with Crippen LogP contribution in [-0.4, -0.2) is 32.7 Å². The number of rotatable bonds is 5. The molecule has 5 nitrogen and oxygen atoms in total. The Kier molecular flexibility index (Phi) is 4.92. The Hall–Kier alpha value is -2.22. The van der Waals surface area contributed by atoms with Gasteiger partial charge in [-0.15, -0.1) is 0 Å². The Balaban J connectivity index is 2.46. The average molecular weight is 312 g/mol. The van der Waals surface area contributed by atoms with Crippen LogP contribution in [0.5, 0.6) is 0 Å². The second kappa shape index (κ2) is 6.69. The SMILES string of the molecule is CC[C@H](CO)Nc1cc(C(F)(F)F)nc(-c2ccccn2)n1. The first-order valence-corrected chi connectivity index (χ1v) is 6.69. The fraction of sp³-hybridized carbons (Fsp3) is 0.357. The second-order valence-electron chi connectivity index (χ2n) is 4.61. The van der Waals surface area contributed by atoms with Gasteiger partial charge in [0.2, 0.25) is 0 Å². The van der Waals surface area contributed by atoms with E-state index in [0.717, 1.165) is 6.07 Å². The Bertz CT molecular complexity index is 615. The van der Waals surface area contributed by atoms with Gasteiger partial charge in [-0.3, -0.25) is 4.98 Å². The van der Waals surface area contributed by atoms with Gasteiger partial charge in [-0.1, -0.05) is 13.0 Å². The smallest absolute Gasteiger partial charge is 0.394 e. The minimum absolute atomic E-state index is 0.00359. The maximum absolute atomic E-state index is 13.0. The van der Waals surface area contributed by atoms with E-state index >= 15 is 0 Å². The highest BCUT2D eigenvalue weighted by Crippen LogP contribution is 2.30. The number of aromatic nitrogens is 3. The van der Waals surface area contributed by atoms with E-state index < -0.39 is 11.9 Å². The first-order chi connectivity index (χ1) is 10.4. The molecule has 0 aliphatic carbocycles. The molecule has 2 heterocycles. The lowest BCUT2D eigenvalue weighted by atomic mass is 10.2. The maximum atomic E-state index is 13.0. The molecule has 1 atom stereocenters. The van der Waals surface area contributed by atoms with Crippen LogP contribution < -0.4 is 5.32 Å². The summed E-state index contributed by atoms with van der Waals surface area (Å²) in [6, 6.07) is 5.26. The Morgan fingerprint density at radius 3 is 2.59 bits per heavy atom. The third kappa shape index (κ3) is 3.91. The van der Waals surface area contributed by atoms with Gasteiger partial charge in [0.05, 0.1) is 12.6 Å². The van der Waals surface area contributed by atoms with Crippen molar-refractivity contribution in [2.75, 3.05) is 11.9 Å². The lowest BCUT2D eigenvalue weighted by Crippen LogP contribution is -2.24. The van der Waals surface area contributed by atoms with Crippen molar-refractivity contribution in [2.45, 2.75) is 25.6 Å².